The fraction of sp³-hybridized carbons (Fsp3) is 0.524. The second-order valence-corrected chi connectivity index (χ2v) is 8.19. The number of ether oxygens (including phenoxy) is 2. The summed E-state index contributed by atoms with van der Waals surface area (Å²) in [6.07, 6.45) is 3.01. The standard InChI is InChI=1S/C21H31NO4/c1-16(12-11-15-17-13-9-8-10-14-17)22(18(23)25-20(2,3)4)19(24)26-21(5,6)7/h8-14,16H,15H2,1-7H3/b12-11-/t16-/m0/s1. The summed E-state index contributed by atoms with van der Waals surface area (Å²) < 4.78 is 10.7. The molecule has 0 aliphatic carbocycles. The molecule has 1 atom stereocenters. The third kappa shape index (κ3) is 8.19. The fourth-order valence-electron chi connectivity index (χ4n) is 2.13. The Hall–Kier alpha value is -2.30. The van der Waals surface area contributed by atoms with Gasteiger partial charge >= 0.3 is 12.2 Å². The maximum Gasteiger partial charge on any atom is 0.420 e. The molecule has 0 aliphatic rings. The van der Waals surface area contributed by atoms with E-state index in [9.17, 15) is 9.59 Å². The van der Waals surface area contributed by atoms with E-state index in [0.29, 0.717) is 6.42 Å². The van der Waals surface area contributed by atoms with Gasteiger partial charge in [-0.1, -0.05) is 42.5 Å². The van der Waals surface area contributed by atoms with Gasteiger partial charge in [-0.25, -0.2) is 14.5 Å². The van der Waals surface area contributed by atoms with E-state index in [0.717, 1.165) is 10.5 Å². The highest BCUT2D eigenvalue weighted by Crippen LogP contribution is 2.17. The van der Waals surface area contributed by atoms with Gasteiger partial charge in [-0.3, -0.25) is 0 Å². The quantitative estimate of drug-likeness (QED) is 0.679. The highest BCUT2D eigenvalue weighted by molar-refractivity contribution is 5.88. The van der Waals surface area contributed by atoms with E-state index >= 15 is 0 Å². The number of imide groups is 1. The Morgan fingerprint density at radius 1 is 0.962 bits per heavy atom. The van der Waals surface area contributed by atoms with E-state index in [2.05, 4.69) is 0 Å². The van der Waals surface area contributed by atoms with Crippen molar-refractivity contribution < 1.29 is 19.1 Å². The maximum atomic E-state index is 12.5. The van der Waals surface area contributed by atoms with Crippen LogP contribution >= 0.6 is 0 Å². The molecule has 0 unspecified atom stereocenters. The molecule has 0 N–H and O–H groups in total. The number of amides is 2. The van der Waals surface area contributed by atoms with Crippen LogP contribution < -0.4 is 0 Å². The lowest BCUT2D eigenvalue weighted by Gasteiger charge is -2.30. The van der Waals surface area contributed by atoms with Crippen LogP contribution in [0, 0.1) is 0 Å². The lowest BCUT2D eigenvalue weighted by Crippen LogP contribution is -2.47. The van der Waals surface area contributed by atoms with E-state index in [-0.39, 0.29) is 0 Å². The van der Waals surface area contributed by atoms with Crippen LogP contribution in [0.25, 0.3) is 0 Å². The first-order chi connectivity index (χ1) is 11.9. The van der Waals surface area contributed by atoms with Gasteiger partial charge in [-0.05, 0) is 60.5 Å². The Labute approximate surface area is 157 Å². The number of carbonyl (C=O) groups excluding carboxylic acids is 2. The minimum atomic E-state index is -0.719. The molecule has 0 fully saturated rings. The Morgan fingerprint density at radius 2 is 1.42 bits per heavy atom. The smallest absolute Gasteiger partial charge is 0.420 e. The first-order valence-corrected chi connectivity index (χ1v) is 8.85. The third-order valence-corrected chi connectivity index (χ3v) is 3.20. The van der Waals surface area contributed by atoms with E-state index in [1.807, 2.05) is 36.4 Å². The number of hydrogen-bond donors (Lipinski definition) is 0. The normalized spacial score (nSPS) is 13.3. The third-order valence-electron chi connectivity index (χ3n) is 3.20. The predicted molar refractivity (Wildman–Crippen MR) is 103 cm³/mol. The lowest BCUT2D eigenvalue weighted by molar-refractivity contribution is -0.00233. The Kier molecular flexibility index (Phi) is 7.42. The summed E-state index contributed by atoms with van der Waals surface area (Å²) in [5.41, 5.74) is -0.257. The molecule has 0 aromatic heterocycles. The molecule has 5 heteroatoms. The van der Waals surface area contributed by atoms with Crippen molar-refractivity contribution in [3.63, 3.8) is 0 Å². The molecular formula is C21H31NO4. The van der Waals surface area contributed by atoms with E-state index in [1.165, 1.54) is 0 Å². The van der Waals surface area contributed by atoms with Gasteiger partial charge < -0.3 is 9.47 Å². The zero-order chi connectivity index (χ0) is 20.0. The summed E-state index contributed by atoms with van der Waals surface area (Å²) in [7, 11) is 0. The number of rotatable bonds is 4. The van der Waals surface area contributed by atoms with Gasteiger partial charge in [-0.15, -0.1) is 0 Å². The van der Waals surface area contributed by atoms with Gasteiger partial charge in [0.1, 0.15) is 11.2 Å². The average Bonchev–Trinajstić information content (AvgIpc) is 2.44. The van der Waals surface area contributed by atoms with Crippen molar-refractivity contribution in [2.45, 2.75) is 72.1 Å². The van der Waals surface area contributed by atoms with Crippen LogP contribution in [0.3, 0.4) is 0 Å². The molecule has 5 nitrogen and oxygen atoms in total. The molecule has 0 radical (unpaired) electrons. The van der Waals surface area contributed by atoms with Crippen molar-refractivity contribution in [1.29, 1.82) is 0 Å². The molecule has 1 rings (SSSR count). The summed E-state index contributed by atoms with van der Waals surface area (Å²) in [6, 6.07) is 9.45. The van der Waals surface area contributed by atoms with Crippen molar-refractivity contribution in [2.75, 3.05) is 0 Å². The second-order valence-electron chi connectivity index (χ2n) is 8.19. The number of carbonyl (C=O) groups is 2. The van der Waals surface area contributed by atoms with Crippen molar-refractivity contribution in [2.24, 2.45) is 0 Å². The second kappa shape index (κ2) is 8.88. The van der Waals surface area contributed by atoms with Gasteiger partial charge in [0.05, 0.1) is 6.04 Å². The van der Waals surface area contributed by atoms with E-state index < -0.39 is 29.4 Å². The monoisotopic (exact) mass is 361 g/mol. The molecule has 0 spiro atoms. The average molecular weight is 361 g/mol. The maximum absolute atomic E-state index is 12.5. The number of allylic oxidation sites excluding steroid dienone is 1. The summed E-state index contributed by atoms with van der Waals surface area (Å²) in [6.45, 7) is 12.3. The van der Waals surface area contributed by atoms with Crippen LogP contribution in [0.1, 0.15) is 54.0 Å². The Bertz CT molecular complexity index is 596. The fourth-order valence-corrected chi connectivity index (χ4v) is 2.13. The molecular weight excluding hydrogens is 330 g/mol. The van der Waals surface area contributed by atoms with E-state index in [1.54, 1.807) is 54.5 Å². The van der Waals surface area contributed by atoms with Crippen LogP contribution in [-0.4, -0.2) is 34.3 Å². The van der Waals surface area contributed by atoms with Crippen LogP contribution in [0.4, 0.5) is 9.59 Å². The van der Waals surface area contributed by atoms with Crippen LogP contribution in [0.5, 0.6) is 0 Å². The van der Waals surface area contributed by atoms with E-state index in [4.69, 9.17) is 9.47 Å². The summed E-state index contributed by atoms with van der Waals surface area (Å²) in [5, 5.41) is 0. The topological polar surface area (TPSA) is 55.8 Å². The summed E-state index contributed by atoms with van der Waals surface area (Å²) >= 11 is 0. The minimum absolute atomic E-state index is 0.497. The van der Waals surface area contributed by atoms with Gasteiger partial charge in [0.2, 0.25) is 0 Å². The first-order valence-electron chi connectivity index (χ1n) is 8.85. The van der Waals surface area contributed by atoms with Crippen LogP contribution in [0.2, 0.25) is 0 Å². The molecule has 1 aromatic rings. The first kappa shape index (κ1) is 21.7. The Balaban J connectivity index is 2.91. The zero-order valence-electron chi connectivity index (χ0n) is 16.9. The molecule has 0 saturated heterocycles. The number of benzene rings is 1. The number of nitrogens with zero attached hydrogens (tertiary/aromatic N) is 1. The molecule has 2 amide bonds. The summed E-state index contributed by atoms with van der Waals surface area (Å²) in [4.78, 5) is 26.1. The molecule has 1 aromatic carbocycles. The van der Waals surface area contributed by atoms with Gasteiger partial charge in [-0.2, -0.15) is 0 Å². The van der Waals surface area contributed by atoms with Crippen molar-refractivity contribution in [1.82, 2.24) is 4.90 Å². The van der Waals surface area contributed by atoms with Gasteiger partial charge in [0.15, 0.2) is 0 Å². The van der Waals surface area contributed by atoms with Crippen molar-refractivity contribution >= 4 is 12.2 Å². The zero-order valence-corrected chi connectivity index (χ0v) is 16.9. The molecule has 0 saturated carbocycles. The molecule has 144 valence electrons. The molecule has 0 aliphatic heterocycles. The lowest BCUT2D eigenvalue weighted by atomic mass is 10.1. The van der Waals surface area contributed by atoms with Crippen LogP contribution in [0.15, 0.2) is 42.5 Å². The SMILES string of the molecule is C[C@@H](/C=C\Cc1ccccc1)N(C(=O)OC(C)(C)C)C(=O)OC(C)(C)C. The largest absolute Gasteiger partial charge is 0.443 e. The predicted octanol–water partition coefficient (Wildman–Crippen LogP) is 5.35. The van der Waals surface area contributed by atoms with Crippen LogP contribution in [-0.2, 0) is 15.9 Å². The highest BCUT2D eigenvalue weighted by Gasteiger charge is 2.33. The van der Waals surface area contributed by atoms with Gasteiger partial charge in [0, 0.05) is 0 Å². The summed E-state index contributed by atoms with van der Waals surface area (Å²) in [5.74, 6) is 0. The minimum Gasteiger partial charge on any atom is -0.443 e. The highest BCUT2D eigenvalue weighted by atomic mass is 16.6. The van der Waals surface area contributed by atoms with Gasteiger partial charge in [0.25, 0.3) is 0 Å². The van der Waals surface area contributed by atoms with Crippen molar-refractivity contribution in [3.05, 3.63) is 48.0 Å². The molecule has 26 heavy (non-hydrogen) atoms. The van der Waals surface area contributed by atoms with Crippen molar-refractivity contribution in [3.8, 4) is 0 Å². The molecule has 0 heterocycles. The Morgan fingerprint density at radius 3 is 1.85 bits per heavy atom. The number of hydrogen-bond acceptors (Lipinski definition) is 4. The molecule has 0 bridgehead atoms.